The van der Waals surface area contributed by atoms with Gasteiger partial charge in [-0.1, -0.05) is 151 Å². The lowest BCUT2D eigenvalue weighted by Gasteiger charge is -2.33. The van der Waals surface area contributed by atoms with E-state index in [9.17, 15) is 15.0 Å². The van der Waals surface area contributed by atoms with Gasteiger partial charge >= 0.3 is 5.97 Å². The SMILES string of the molecule is CCCCCCCCCCCCCCCCCCOC(C)c1c(CC(=O)O)cc(C(C)(C)C)c(O)c1C(C)(C)C. The van der Waals surface area contributed by atoms with Gasteiger partial charge in [-0.05, 0) is 40.9 Å². The second-order valence-electron chi connectivity index (χ2n) is 14.1. The van der Waals surface area contributed by atoms with E-state index < -0.39 is 5.97 Å². The molecule has 0 amide bonds. The van der Waals surface area contributed by atoms with E-state index in [4.69, 9.17) is 4.74 Å². The Morgan fingerprint density at radius 2 is 1.18 bits per heavy atom. The Kier molecular flexibility index (Phi) is 17.1. The maximum absolute atomic E-state index is 11.8. The monoisotopic (exact) mass is 560 g/mol. The molecular formula is C36H64O4. The molecule has 1 rings (SSSR count). The minimum absolute atomic E-state index is 0.0749. The molecule has 0 spiro atoms. The molecule has 2 N–H and O–H groups in total. The molecule has 0 fully saturated rings. The van der Waals surface area contributed by atoms with Crippen LogP contribution in [0.15, 0.2) is 6.07 Å². The fraction of sp³-hybridized carbons (Fsp3) is 0.806. The van der Waals surface area contributed by atoms with Gasteiger partial charge in [0.25, 0.3) is 0 Å². The molecule has 1 unspecified atom stereocenters. The summed E-state index contributed by atoms with van der Waals surface area (Å²) in [4.78, 5) is 11.8. The van der Waals surface area contributed by atoms with Gasteiger partial charge in [-0.3, -0.25) is 4.79 Å². The molecular weight excluding hydrogens is 496 g/mol. The number of carbonyl (C=O) groups is 1. The van der Waals surface area contributed by atoms with Gasteiger partial charge in [-0.2, -0.15) is 0 Å². The van der Waals surface area contributed by atoms with Crippen molar-refractivity contribution in [2.75, 3.05) is 6.61 Å². The van der Waals surface area contributed by atoms with Crippen LogP contribution in [0.25, 0.3) is 0 Å². The number of aromatic hydroxyl groups is 1. The third kappa shape index (κ3) is 13.9. The first-order valence-electron chi connectivity index (χ1n) is 16.5. The van der Waals surface area contributed by atoms with Gasteiger partial charge in [-0.15, -0.1) is 0 Å². The lowest BCUT2D eigenvalue weighted by atomic mass is 9.74. The molecule has 0 aliphatic carbocycles. The lowest BCUT2D eigenvalue weighted by molar-refractivity contribution is -0.136. The average Bonchev–Trinajstić information content (AvgIpc) is 2.84. The number of hydrogen-bond acceptors (Lipinski definition) is 3. The highest BCUT2D eigenvalue weighted by Crippen LogP contribution is 2.45. The Hall–Kier alpha value is -1.55. The van der Waals surface area contributed by atoms with Crippen molar-refractivity contribution in [1.29, 1.82) is 0 Å². The van der Waals surface area contributed by atoms with E-state index in [-0.39, 0.29) is 29.1 Å². The predicted octanol–water partition coefficient (Wildman–Crippen LogP) is 11.0. The summed E-state index contributed by atoms with van der Waals surface area (Å²) in [5, 5.41) is 21.0. The molecule has 0 aliphatic heterocycles. The Morgan fingerprint density at radius 3 is 1.55 bits per heavy atom. The molecule has 0 bridgehead atoms. The minimum Gasteiger partial charge on any atom is -0.507 e. The number of benzene rings is 1. The fourth-order valence-electron chi connectivity index (χ4n) is 5.84. The number of unbranched alkanes of at least 4 members (excludes halogenated alkanes) is 15. The molecule has 1 aromatic carbocycles. The van der Waals surface area contributed by atoms with Crippen molar-refractivity contribution in [3.63, 3.8) is 0 Å². The van der Waals surface area contributed by atoms with Crippen LogP contribution >= 0.6 is 0 Å². The first kappa shape index (κ1) is 36.5. The Morgan fingerprint density at radius 1 is 0.750 bits per heavy atom. The normalized spacial score (nSPS) is 13.1. The van der Waals surface area contributed by atoms with Gasteiger partial charge in [0.15, 0.2) is 0 Å². The average molecular weight is 561 g/mol. The molecule has 0 saturated heterocycles. The Bertz CT molecular complexity index is 844. The number of phenols is 1. The zero-order valence-electron chi connectivity index (χ0n) is 27.6. The molecule has 232 valence electrons. The molecule has 0 aliphatic rings. The van der Waals surface area contributed by atoms with E-state index in [1.54, 1.807) is 0 Å². The second kappa shape index (κ2) is 18.8. The maximum atomic E-state index is 11.8. The quantitative estimate of drug-likeness (QED) is 0.147. The van der Waals surface area contributed by atoms with E-state index >= 15 is 0 Å². The zero-order valence-corrected chi connectivity index (χ0v) is 27.6. The summed E-state index contributed by atoms with van der Waals surface area (Å²) in [5.41, 5.74) is 2.56. The van der Waals surface area contributed by atoms with Crippen molar-refractivity contribution in [3.8, 4) is 5.75 Å². The molecule has 4 nitrogen and oxygen atoms in total. The van der Waals surface area contributed by atoms with Crippen LogP contribution in [0, 0.1) is 0 Å². The summed E-state index contributed by atoms with van der Waals surface area (Å²) < 4.78 is 6.28. The molecule has 1 atom stereocenters. The molecule has 40 heavy (non-hydrogen) atoms. The van der Waals surface area contributed by atoms with Gasteiger partial charge < -0.3 is 14.9 Å². The Balaban J connectivity index is 2.47. The minimum atomic E-state index is -0.864. The summed E-state index contributed by atoms with van der Waals surface area (Å²) in [6, 6.07) is 1.89. The fourth-order valence-corrected chi connectivity index (χ4v) is 5.84. The topological polar surface area (TPSA) is 66.8 Å². The summed E-state index contributed by atoms with van der Waals surface area (Å²) in [5.74, 6) is -0.585. The van der Waals surface area contributed by atoms with Gasteiger partial charge in [0, 0.05) is 12.2 Å². The predicted molar refractivity (Wildman–Crippen MR) is 171 cm³/mol. The van der Waals surface area contributed by atoms with Gasteiger partial charge in [-0.25, -0.2) is 0 Å². The maximum Gasteiger partial charge on any atom is 0.307 e. The number of aliphatic carboxylic acids is 1. The van der Waals surface area contributed by atoms with Crippen LogP contribution in [-0.2, 0) is 26.8 Å². The van der Waals surface area contributed by atoms with Crippen LogP contribution in [0.2, 0.25) is 0 Å². The van der Waals surface area contributed by atoms with Crippen molar-refractivity contribution in [1.82, 2.24) is 0 Å². The number of carboxylic acid groups (broad SMARTS) is 1. The van der Waals surface area contributed by atoms with Crippen LogP contribution in [0.4, 0.5) is 0 Å². The molecule has 0 heterocycles. The van der Waals surface area contributed by atoms with E-state index in [1.807, 2.05) is 13.0 Å². The van der Waals surface area contributed by atoms with Gasteiger partial charge in [0.1, 0.15) is 5.75 Å². The number of carboxylic acids is 1. The number of phenolic OH excluding ortho intramolecular Hbond substituents is 1. The first-order valence-corrected chi connectivity index (χ1v) is 16.5. The largest absolute Gasteiger partial charge is 0.507 e. The van der Waals surface area contributed by atoms with Crippen LogP contribution in [0.3, 0.4) is 0 Å². The standard InChI is InChI=1S/C36H64O4/c1-9-10-11-12-13-14-15-16-17-18-19-20-21-22-23-24-25-40-28(2)32-29(27-31(37)38)26-30(35(3,4)5)34(39)33(32)36(6,7)8/h26,28,39H,9-25,27H2,1-8H3,(H,37,38). The highest BCUT2D eigenvalue weighted by Gasteiger charge is 2.32. The molecule has 4 heteroatoms. The third-order valence-electron chi connectivity index (χ3n) is 8.10. The summed E-state index contributed by atoms with van der Waals surface area (Å²) >= 11 is 0. The van der Waals surface area contributed by atoms with Crippen LogP contribution in [0.1, 0.15) is 186 Å². The van der Waals surface area contributed by atoms with Crippen molar-refractivity contribution >= 4 is 5.97 Å². The smallest absolute Gasteiger partial charge is 0.307 e. The highest BCUT2D eigenvalue weighted by atomic mass is 16.5. The summed E-state index contributed by atoms with van der Waals surface area (Å²) in [7, 11) is 0. The van der Waals surface area contributed by atoms with Gasteiger partial charge in [0.05, 0.1) is 12.5 Å². The zero-order chi connectivity index (χ0) is 30.2. The molecule has 0 aromatic heterocycles. The van der Waals surface area contributed by atoms with E-state index in [0.29, 0.717) is 6.61 Å². The van der Waals surface area contributed by atoms with Crippen LogP contribution < -0.4 is 0 Å². The van der Waals surface area contributed by atoms with E-state index in [2.05, 4.69) is 48.5 Å². The van der Waals surface area contributed by atoms with Crippen LogP contribution in [-0.4, -0.2) is 22.8 Å². The number of hydrogen-bond donors (Lipinski definition) is 2. The van der Waals surface area contributed by atoms with Crippen molar-refractivity contribution in [2.24, 2.45) is 0 Å². The number of rotatable bonds is 21. The van der Waals surface area contributed by atoms with E-state index in [1.165, 1.54) is 89.9 Å². The van der Waals surface area contributed by atoms with Gasteiger partial charge in [0.2, 0.25) is 0 Å². The second-order valence-corrected chi connectivity index (χ2v) is 14.1. The van der Waals surface area contributed by atoms with Crippen LogP contribution in [0.5, 0.6) is 5.75 Å². The molecule has 0 saturated carbocycles. The lowest BCUT2D eigenvalue weighted by Crippen LogP contribution is -2.23. The van der Waals surface area contributed by atoms with Crippen molar-refractivity contribution < 1.29 is 19.7 Å². The summed E-state index contributed by atoms with van der Waals surface area (Å²) in [6.07, 6.45) is 21.1. The highest BCUT2D eigenvalue weighted by molar-refractivity contribution is 5.72. The van der Waals surface area contributed by atoms with E-state index in [0.717, 1.165) is 35.1 Å². The summed E-state index contributed by atoms with van der Waals surface area (Å²) in [6.45, 7) is 17.3. The van der Waals surface area contributed by atoms with Crippen molar-refractivity contribution in [3.05, 3.63) is 28.3 Å². The van der Waals surface area contributed by atoms with Crippen molar-refractivity contribution in [2.45, 2.75) is 181 Å². The Labute approximate surface area is 247 Å². The first-order chi connectivity index (χ1) is 18.8. The molecule has 0 radical (unpaired) electrons. The third-order valence-corrected chi connectivity index (χ3v) is 8.10. The number of ether oxygens (including phenoxy) is 1. The molecule has 1 aromatic rings.